The lowest BCUT2D eigenvalue weighted by Gasteiger charge is -2.06. The summed E-state index contributed by atoms with van der Waals surface area (Å²) in [6, 6.07) is 0. The zero-order chi connectivity index (χ0) is 14.7. The fourth-order valence-corrected chi connectivity index (χ4v) is 0.746. The molecular weight excluding hydrogens is 260 g/mol. The Kier molecular flexibility index (Phi) is 8.76. The first-order valence-corrected chi connectivity index (χ1v) is 5.62. The first kappa shape index (κ1) is 16.9. The van der Waals surface area contributed by atoms with Crippen LogP contribution < -0.4 is 0 Å². The van der Waals surface area contributed by atoms with Crippen LogP contribution >= 0.6 is 0 Å². The molecule has 19 heavy (non-hydrogen) atoms. The SMILES string of the molecule is CCC(=O)OCOC(=O)CC(=O)OCOC(=O)CC. The average Bonchev–Trinajstić information content (AvgIpc) is 2.37. The maximum Gasteiger partial charge on any atom is 0.320 e. The van der Waals surface area contributed by atoms with Crippen molar-refractivity contribution in [1.29, 1.82) is 0 Å². The molecule has 8 nitrogen and oxygen atoms in total. The summed E-state index contributed by atoms with van der Waals surface area (Å²) in [4.78, 5) is 43.5. The molecule has 0 amide bonds. The second-order valence-corrected chi connectivity index (χ2v) is 3.18. The molecule has 0 spiro atoms. The molecule has 0 aliphatic carbocycles. The Morgan fingerprint density at radius 1 is 0.632 bits per heavy atom. The van der Waals surface area contributed by atoms with Gasteiger partial charge in [-0.2, -0.15) is 0 Å². The van der Waals surface area contributed by atoms with Gasteiger partial charge in [-0.1, -0.05) is 13.8 Å². The van der Waals surface area contributed by atoms with Crippen molar-refractivity contribution in [2.75, 3.05) is 13.6 Å². The molecule has 0 unspecified atom stereocenters. The van der Waals surface area contributed by atoms with E-state index >= 15 is 0 Å². The first-order chi connectivity index (χ1) is 8.99. The molecule has 0 bridgehead atoms. The molecule has 0 rings (SSSR count). The summed E-state index contributed by atoms with van der Waals surface area (Å²) < 4.78 is 17.8. The molecule has 8 heteroatoms. The highest BCUT2D eigenvalue weighted by atomic mass is 16.7. The van der Waals surface area contributed by atoms with Crippen LogP contribution in [-0.2, 0) is 38.1 Å². The highest BCUT2D eigenvalue weighted by Gasteiger charge is 2.13. The number of carbonyl (C=O) groups is 4. The lowest BCUT2D eigenvalue weighted by Crippen LogP contribution is -2.18. The molecule has 0 aliphatic rings. The molecule has 0 aromatic carbocycles. The van der Waals surface area contributed by atoms with E-state index in [0.717, 1.165) is 0 Å². The van der Waals surface area contributed by atoms with E-state index in [-0.39, 0.29) is 12.8 Å². The fraction of sp³-hybridized carbons (Fsp3) is 0.636. The van der Waals surface area contributed by atoms with Gasteiger partial charge < -0.3 is 18.9 Å². The maximum atomic E-state index is 11.1. The normalized spacial score (nSPS) is 9.37. The fourth-order valence-electron chi connectivity index (χ4n) is 0.746. The Hall–Kier alpha value is -2.12. The van der Waals surface area contributed by atoms with Crippen molar-refractivity contribution < 1.29 is 38.1 Å². The van der Waals surface area contributed by atoms with Crippen molar-refractivity contribution in [2.45, 2.75) is 33.1 Å². The molecule has 0 aromatic heterocycles. The first-order valence-electron chi connectivity index (χ1n) is 5.62. The molecule has 0 radical (unpaired) electrons. The summed E-state index contributed by atoms with van der Waals surface area (Å²) in [6.07, 6.45) is -0.349. The average molecular weight is 276 g/mol. The van der Waals surface area contributed by atoms with E-state index in [1.165, 1.54) is 0 Å². The van der Waals surface area contributed by atoms with Gasteiger partial charge in [0.15, 0.2) is 0 Å². The zero-order valence-corrected chi connectivity index (χ0v) is 10.8. The summed E-state index contributed by atoms with van der Waals surface area (Å²) in [7, 11) is 0. The van der Waals surface area contributed by atoms with Gasteiger partial charge in [0.05, 0.1) is 0 Å². The van der Waals surface area contributed by atoms with E-state index in [9.17, 15) is 19.2 Å². The Balaban J connectivity index is 3.66. The summed E-state index contributed by atoms with van der Waals surface area (Å²) in [5, 5.41) is 0. The van der Waals surface area contributed by atoms with E-state index < -0.39 is 43.9 Å². The lowest BCUT2D eigenvalue weighted by atomic mass is 10.4. The van der Waals surface area contributed by atoms with Crippen molar-refractivity contribution in [2.24, 2.45) is 0 Å². The van der Waals surface area contributed by atoms with Gasteiger partial charge >= 0.3 is 23.9 Å². The Morgan fingerprint density at radius 3 is 1.26 bits per heavy atom. The van der Waals surface area contributed by atoms with Crippen LogP contribution in [-0.4, -0.2) is 37.5 Å². The molecule has 0 N–H and O–H groups in total. The van der Waals surface area contributed by atoms with Gasteiger partial charge in [0.1, 0.15) is 6.42 Å². The van der Waals surface area contributed by atoms with E-state index in [1.807, 2.05) is 0 Å². The van der Waals surface area contributed by atoms with Crippen molar-refractivity contribution >= 4 is 23.9 Å². The van der Waals surface area contributed by atoms with Crippen LogP contribution in [0.25, 0.3) is 0 Å². The third kappa shape index (κ3) is 9.57. The quantitative estimate of drug-likeness (QED) is 0.353. The molecule has 0 aromatic rings. The van der Waals surface area contributed by atoms with Gasteiger partial charge in [-0.15, -0.1) is 0 Å². The molecule has 0 atom stereocenters. The second-order valence-electron chi connectivity index (χ2n) is 3.18. The minimum atomic E-state index is -0.907. The van der Waals surface area contributed by atoms with E-state index in [2.05, 4.69) is 18.9 Å². The van der Waals surface area contributed by atoms with Crippen LogP contribution in [0.2, 0.25) is 0 Å². The highest BCUT2D eigenvalue weighted by molar-refractivity contribution is 5.91. The number of hydrogen-bond acceptors (Lipinski definition) is 8. The Morgan fingerprint density at radius 2 is 0.947 bits per heavy atom. The van der Waals surface area contributed by atoms with Crippen LogP contribution in [0, 0.1) is 0 Å². The summed E-state index contributed by atoms with van der Waals surface area (Å²) in [5.41, 5.74) is 0. The maximum absolute atomic E-state index is 11.1. The number of carbonyl (C=O) groups excluding carboxylic acids is 4. The standard InChI is InChI=1S/C11H16O8/c1-3-8(12)16-6-18-10(14)5-11(15)19-7-17-9(13)4-2/h3-7H2,1-2H3. The molecule has 0 heterocycles. The van der Waals surface area contributed by atoms with Gasteiger partial charge in [-0.3, -0.25) is 19.2 Å². The summed E-state index contributed by atoms with van der Waals surface area (Å²) in [5.74, 6) is -2.87. The van der Waals surface area contributed by atoms with Crippen LogP contribution in [0.15, 0.2) is 0 Å². The van der Waals surface area contributed by atoms with Gasteiger partial charge in [0.25, 0.3) is 0 Å². The van der Waals surface area contributed by atoms with Crippen molar-refractivity contribution in [3.63, 3.8) is 0 Å². The predicted molar refractivity (Wildman–Crippen MR) is 59.3 cm³/mol. The molecule has 0 fully saturated rings. The number of ether oxygens (including phenoxy) is 4. The summed E-state index contributed by atoms with van der Waals surface area (Å²) in [6.45, 7) is 2.06. The van der Waals surface area contributed by atoms with E-state index in [0.29, 0.717) is 0 Å². The number of hydrogen-bond donors (Lipinski definition) is 0. The van der Waals surface area contributed by atoms with Crippen molar-refractivity contribution in [3.05, 3.63) is 0 Å². The van der Waals surface area contributed by atoms with Gasteiger partial charge in [0, 0.05) is 12.8 Å². The third-order valence-corrected chi connectivity index (χ3v) is 1.75. The minimum Gasteiger partial charge on any atom is -0.428 e. The molecule has 108 valence electrons. The number of esters is 4. The molecular formula is C11H16O8. The van der Waals surface area contributed by atoms with Gasteiger partial charge in [-0.25, -0.2) is 0 Å². The molecule has 0 saturated carbocycles. The largest absolute Gasteiger partial charge is 0.428 e. The van der Waals surface area contributed by atoms with Crippen molar-refractivity contribution in [1.82, 2.24) is 0 Å². The Bertz CT molecular complexity index is 304. The van der Waals surface area contributed by atoms with E-state index in [4.69, 9.17) is 0 Å². The summed E-state index contributed by atoms with van der Waals surface area (Å²) >= 11 is 0. The van der Waals surface area contributed by atoms with Crippen LogP contribution in [0.5, 0.6) is 0 Å². The molecule has 0 aliphatic heterocycles. The van der Waals surface area contributed by atoms with Crippen LogP contribution in [0.1, 0.15) is 33.1 Å². The topological polar surface area (TPSA) is 105 Å². The monoisotopic (exact) mass is 276 g/mol. The van der Waals surface area contributed by atoms with Gasteiger partial charge in [-0.05, 0) is 0 Å². The van der Waals surface area contributed by atoms with Crippen LogP contribution in [0.3, 0.4) is 0 Å². The number of rotatable bonds is 8. The third-order valence-electron chi connectivity index (χ3n) is 1.75. The lowest BCUT2D eigenvalue weighted by molar-refractivity contribution is -0.173. The van der Waals surface area contributed by atoms with Crippen LogP contribution in [0.4, 0.5) is 0 Å². The predicted octanol–water partition coefficient (Wildman–Crippen LogP) is 0.284. The second kappa shape index (κ2) is 9.86. The highest BCUT2D eigenvalue weighted by Crippen LogP contribution is 1.94. The smallest absolute Gasteiger partial charge is 0.320 e. The van der Waals surface area contributed by atoms with Gasteiger partial charge in [0.2, 0.25) is 13.6 Å². The molecule has 0 saturated heterocycles. The minimum absolute atomic E-state index is 0.155. The zero-order valence-electron chi connectivity index (χ0n) is 10.8. The van der Waals surface area contributed by atoms with E-state index in [1.54, 1.807) is 13.8 Å². The Labute approximate surface area is 109 Å². The van der Waals surface area contributed by atoms with Crippen molar-refractivity contribution in [3.8, 4) is 0 Å².